The first-order chi connectivity index (χ1) is 11.8. The van der Waals surface area contributed by atoms with Crippen LogP contribution in [0.15, 0.2) is 30.3 Å². The van der Waals surface area contributed by atoms with Crippen molar-refractivity contribution in [3.05, 3.63) is 52.4 Å². The Morgan fingerprint density at radius 1 is 1.36 bits per heavy atom. The topological polar surface area (TPSA) is 79.4 Å². The summed E-state index contributed by atoms with van der Waals surface area (Å²) in [4.78, 5) is 18.2. The molecule has 25 heavy (non-hydrogen) atoms. The molecular weight excluding hydrogens is 369 g/mol. The van der Waals surface area contributed by atoms with Gasteiger partial charge in [0, 0.05) is 17.8 Å². The Morgan fingerprint density at radius 2 is 2.12 bits per heavy atom. The third kappa shape index (κ3) is 3.74. The van der Waals surface area contributed by atoms with E-state index in [-0.39, 0.29) is 34.0 Å². The fraction of sp³-hybridized carbons (Fsp3) is 0.250. The number of sulfonamides is 1. The van der Waals surface area contributed by atoms with Gasteiger partial charge in [-0.05, 0) is 49.2 Å². The van der Waals surface area contributed by atoms with Crippen molar-refractivity contribution in [1.29, 1.82) is 0 Å². The van der Waals surface area contributed by atoms with Crippen molar-refractivity contribution in [2.24, 2.45) is 0 Å². The van der Waals surface area contributed by atoms with E-state index in [1.807, 2.05) is 0 Å². The van der Waals surface area contributed by atoms with Gasteiger partial charge in [-0.3, -0.25) is 9.52 Å². The van der Waals surface area contributed by atoms with Gasteiger partial charge in [-0.2, -0.15) is 0 Å². The van der Waals surface area contributed by atoms with Crippen molar-refractivity contribution < 1.29 is 17.6 Å². The molecule has 132 valence electrons. The van der Waals surface area contributed by atoms with Crippen LogP contribution < -0.4 is 9.62 Å². The van der Waals surface area contributed by atoms with Crippen LogP contribution in [0.1, 0.15) is 22.8 Å². The van der Waals surface area contributed by atoms with Gasteiger partial charge >= 0.3 is 0 Å². The fourth-order valence-electron chi connectivity index (χ4n) is 2.64. The van der Waals surface area contributed by atoms with Gasteiger partial charge in [-0.15, -0.1) is 0 Å². The second-order valence-electron chi connectivity index (χ2n) is 5.55. The Hall–Kier alpha value is -2.19. The molecule has 0 fully saturated rings. The van der Waals surface area contributed by atoms with E-state index < -0.39 is 10.0 Å². The number of halogens is 2. The highest BCUT2D eigenvalue weighted by atomic mass is 35.5. The zero-order valence-electron chi connectivity index (χ0n) is 13.3. The van der Waals surface area contributed by atoms with Crippen LogP contribution >= 0.6 is 11.6 Å². The number of nitrogens with one attached hydrogen (secondary N) is 1. The van der Waals surface area contributed by atoms with E-state index in [4.69, 9.17) is 11.6 Å². The first-order valence-corrected chi connectivity index (χ1v) is 9.60. The van der Waals surface area contributed by atoms with E-state index in [9.17, 15) is 17.6 Å². The third-order valence-electron chi connectivity index (χ3n) is 3.86. The van der Waals surface area contributed by atoms with Gasteiger partial charge in [0.15, 0.2) is 0 Å². The predicted octanol–water partition coefficient (Wildman–Crippen LogP) is 2.84. The van der Waals surface area contributed by atoms with Crippen LogP contribution in [0.2, 0.25) is 5.15 Å². The number of rotatable bonds is 4. The van der Waals surface area contributed by atoms with E-state index in [1.165, 1.54) is 36.1 Å². The molecule has 9 heteroatoms. The maximum atomic E-state index is 13.3. The zero-order valence-corrected chi connectivity index (χ0v) is 14.9. The van der Waals surface area contributed by atoms with Crippen LogP contribution in [0, 0.1) is 5.82 Å². The second kappa shape index (κ2) is 6.61. The summed E-state index contributed by atoms with van der Waals surface area (Å²) in [5, 5.41) is -0.00169. The van der Waals surface area contributed by atoms with E-state index >= 15 is 0 Å². The molecule has 1 aromatic heterocycles. The number of hydrogen-bond donors (Lipinski definition) is 1. The van der Waals surface area contributed by atoms with Crippen LogP contribution in [0.3, 0.4) is 0 Å². The van der Waals surface area contributed by atoms with E-state index in [2.05, 4.69) is 9.71 Å². The molecule has 0 bridgehead atoms. The van der Waals surface area contributed by atoms with Gasteiger partial charge in [0.1, 0.15) is 16.8 Å². The normalized spacial score (nSPS) is 13.6. The van der Waals surface area contributed by atoms with Crippen LogP contribution in [-0.4, -0.2) is 31.6 Å². The van der Waals surface area contributed by atoms with Crippen molar-refractivity contribution in [2.75, 3.05) is 21.9 Å². The Balaban J connectivity index is 1.93. The largest absolute Gasteiger partial charge is 0.308 e. The summed E-state index contributed by atoms with van der Waals surface area (Å²) < 4.78 is 39.0. The summed E-state index contributed by atoms with van der Waals surface area (Å²) in [5.74, 6) is -0.852. The number of aromatic nitrogens is 1. The second-order valence-corrected chi connectivity index (χ2v) is 7.95. The first-order valence-electron chi connectivity index (χ1n) is 7.57. The molecule has 6 nitrogen and oxygen atoms in total. The molecule has 2 aromatic rings. The van der Waals surface area contributed by atoms with E-state index in [0.717, 1.165) is 5.56 Å². The lowest BCUT2D eigenvalue weighted by Gasteiger charge is -2.18. The van der Waals surface area contributed by atoms with Crippen molar-refractivity contribution in [3.63, 3.8) is 0 Å². The summed E-state index contributed by atoms with van der Waals surface area (Å²) in [6.45, 7) is 1.90. The molecule has 2 heterocycles. The van der Waals surface area contributed by atoms with Gasteiger partial charge in [0.2, 0.25) is 10.0 Å². The van der Waals surface area contributed by atoms with Crippen LogP contribution in [-0.2, 0) is 16.4 Å². The SMILES string of the molecule is CCS(=O)(=O)Nc1cc(C(=O)N2CCc3cc(F)ccc32)cc(Cl)n1. The molecule has 1 aromatic carbocycles. The molecule has 0 saturated carbocycles. The summed E-state index contributed by atoms with van der Waals surface area (Å²) in [6, 6.07) is 6.96. The van der Waals surface area contributed by atoms with Crippen molar-refractivity contribution in [1.82, 2.24) is 4.98 Å². The number of nitrogens with zero attached hydrogens (tertiary/aromatic N) is 2. The monoisotopic (exact) mass is 383 g/mol. The molecule has 0 atom stereocenters. The quantitative estimate of drug-likeness (QED) is 0.823. The Bertz CT molecular complexity index is 950. The molecule has 1 N–H and O–H groups in total. The standard InChI is InChI=1S/C16H15ClFN3O3S/c1-2-25(23,24)20-15-9-11(8-14(17)19-15)16(22)21-6-5-10-7-12(18)3-4-13(10)21/h3-4,7-9H,2,5-6H2,1H3,(H,19,20). The van der Waals surface area contributed by atoms with Gasteiger partial charge in [-0.25, -0.2) is 17.8 Å². The molecule has 1 amide bonds. The number of carbonyl (C=O) groups excluding carboxylic acids is 1. The van der Waals surface area contributed by atoms with Gasteiger partial charge in [-0.1, -0.05) is 11.6 Å². The summed E-state index contributed by atoms with van der Waals surface area (Å²) >= 11 is 5.93. The van der Waals surface area contributed by atoms with E-state index in [0.29, 0.717) is 18.7 Å². The van der Waals surface area contributed by atoms with Crippen LogP contribution in [0.25, 0.3) is 0 Å². The van der Waals surface area contributed by atoms with Crippen LogP contribution in [0.5, 0.6) is 0 Å². The Kier molecular flexibility index (Phi) is 4.66. The minimum atomic E-state index is -3.54. The Morgan fingerprint density at radius 3 is 2.84 bits per heavy atom. The Labute approximate surface area is 149 Å². The molecule has 0 radical (unpaired) electrons. The number of carbonyl (C=O) groups is 1. The molecule has 0 aliphatic carbocycles. The van der Waals surface area contributed by atoms with Crippen LogP contribution in [0.4, 0.5) is 15.9 Å². The number of benzene rings is 1. The molecule has 0 unspecified atom stereocenters. The highest BCUT2D eigenvalue weighted by Crippen LogP contribution is 2.30. The average molecular weight is 384 g/mol. The van der Waals surface area contributed by atoms with Gasteiger partial charge in [0.25, 0.3) is 5.91 Å². The number of fused-ring (bicyclic) bond motifs is 1. The lowest BCUT2D eigenvalue weighted by Crippen LogP contribution is -2.29. The van der Waals surface area contributed by atoms with Crippen molar-refractivity contribution in [3.8, 4) is 0 Å². The highest BCUT2D eigenvalue weighted by molar-refractivity contribution is 7.92. The van der Waals surface area contributed by atoms with Gasteiger partial charge < -0.3 is 4.90 Å². The number of pyridine rings is 1. The first kappa shape index (κ1) is 17.6. The average Bonchev–Trinajstić information content (AvgIpc) is 2.96. The van der Waals surface area contributed by atoms with Crippen molar-refractivity contribution >= 4 is 39.0 Å². The predicted molar refractivity (Wildman–Crippen MR) is 94.1 cm³/mol. The number of anilines is 2. The summed E-state index contributed by atoms with van der Waals surface area (Å²) in [7, 11) is -3.54. The number of amides is 1. The summed E-state index contributed by atoms with van der Waals surface area (Å²) in [6.07, 6.45) is 0.549. The molecule has 3 rings (SSSR count). The smallest absolute Gasteiger partial charge is 0.258 e. The van der Waals surface area contributed by atoms with Crippen molar-refractivity contribution in [2.45, 2.75) is 13.3 Å². The summed E-state index contributed by atoms with van der Waals surface area (Å²) in [5.41, 5.74) is 1.58. The fourth-order valence-corrected chi connectivity index (χ4v) is 3.42. The molecule has 1 aliphatic heterocycles. The molecule has 1 aliphatic rings. The molecule has 0 spiro atoms. The lowest BCUT2D eigenvalue weighted by molar-refractivity contribution is 0.0989. The minimum Gasteiger partial charge on any atom is -0.308 e. The third-order valence-corrected chi connectivity index (χ3v) is 5.34. The lowest BCUT2D eigenvalue weighted by atomic mass is 10.1. The van der Waals surface area contributed by atoms with E-state index in [1.54, 1.807) is 6.07 Å². The molecule has 0 saturated heterocycles. The van der Waals surface area contributed by atoms with Gasteiger partial charge in [0.05, 0.1) is 5.75 Å². The minimum absolute atomic E-state index is 0.00169. The zero-order chi connectivity index (χ0) is 18.2. The maximum Gasteiger partial charge on any atom is 0.258 e. The maximum absolute atomic E-state index is 13.3. The number of hydrogen-bond acceptors (Lipinski definition) is 4. The highest BCUT2D eigenvalue weighted by Gasteiger charge is 2.26. The molecular formula is C16H15ClFN3O3S.